The van der Waals surface area contributed by atoms with Crippen LogP contribution in [0.15, 0.2) is 66.2 Å². The standard InChI is InChI=1S/C27H24N4O3S/c32-25(30-18-5-6-22-20(15-18)27(26(33)31-22)9-12-34-13-10-27)24-23(8-14-35-24)29-16-17-7-11-28-21-4-2-1-3-19(17)21/h1-8,11,14-15,29H,9-10,12-13,16H2,(H,30,32)(H,31,33). The molecule has 2 aromatic carbocycles. The predicted molar refractivity (Wildman–Crippen MR) is 138 cm³/mol. The summed E-state index contributed by atoms with van der Waals surface area (Å²) in [4.78, 5) is 31.0. The number of nitrogens with one attached hydrogen (secondary N) is 3. The Morgan fingerprint density at radius 2 is 1.97 bits per heavy atom. The Labute approximate surface area is 206 Å². The van der Waals surface area contributed by atoms with Crippen LogP contribution in [0.5, 0.6) is 0 Å². The van der Waals surface area contributed by atoms with Crippen molar-refractivity contribution >= 4 is 51.1 Å². The number of benzene rings is 2. The second-order valence-electron chi connectivity index (χ2n) is 8.87. The maximum absolute atomic E-state index is 13.2. The van der Waals surface area contributed by atoms with Gasteiger partial charge in [-0.05, 0) is 65.7 Å². The fourth-order valence-electron chi connectivity index (χ4n) is 5.02. The summed E-state index contributed by atoms with van der Waals surface area (Å²) in [5.74, 6) is -0.159. The highest BCUT2D eigenvalue weighted by molar-refractivity contribution is 7.12. The molecule has 0 aliphatic carbocycles. The number of nitrogens with zero attached hydrogens (tertiary/aromatic N) is 1. The molecule has 1 saturated heterocycles. The average Bonchev–Trinajstić information content (AvgIpc) is 3.46. The SMILES string of the molecule is O=C(Nc1ccc2c(c1)C1(CCOCC1)C(=O)N2)c1sccc1NCc1ccnc2ccccc12. The van der Waals surface area contributed by atoms with Crippen LogP contribution in [-0.2, 0) is 21.5 Å². The number of fused-ring (bicyclic) bond motifs is 3. The number of anilines is 3. The van der Waals surface area contributed by atoms with Crippen LogP contribution in [0.3, 0.4) is 0 Å². The summed E-state index contributed by atoms with van der Waals surface area (Å²) in [6.45, 7) is 1.69. The first-order chi connectivity index (χ1) is 17.1. The summed E-state index contributed by atoms with van der Waals surface area (Å²) < 4.78 is 5.50. The lowest BCUT2D eigenvalue weighted by atomic mass is 9.75. The molecule has 0 bridgehead atoms. The van der Waals surface area contributed by atoms with E-state index in [2.05, 4.69) is 27.0 Å². The molecule has 4 heterocycles. The molecule has 0 atom stereocenters. The van der Waals surface area contributed by atoms with Crippen LogP contribution in [0.25, 0.3) is 10.9 Å². The van der Waals surface area contributed by atoms with Gasteiger partial charge in [0.2, 0.25) is 5.91 Å². The van der Waals surface area contributed by atoms with Gasteiger partial charge in [-0.2, -0.15) is 0 Å². The van der Waals surface area contributed by atoms with E-state index in [1.807, 2.05) is 53.9 Å². The van der Waals surface area contributed by atoms with Gasteiger partial charge in [0.15, 0.2) is 0 Å². The van der Waals surface area contributed by atoms with Crippen molar-refractivity contribution in [2.24, 2.45) is 0 Å². The van der Waals surface area contributed by atoms with E-state index < -0.39 is 5.41 Å². The number of para-hydroxylation sites is 1. The molecule has 0 radical (unpaired) electrons. The highest BCUT2D eigenvalue weighted by atomic mass is 32.1. The molecule has 176 valence electrons. The number of ether oxygens (including phenoxy) is 1. The van der Waals surface area contributed by atoms with Crippen molar-refractivity contribution in [1.82, 2.24) is 4.98 Å². The molecule has 35 heavy (non-hydrogen) atoms. The van der Waals surface area contributed by atoms with E-state index in [1.165, 1.54) is 11.3 Å². The summed E-state index contributed by atoms with van der Waals surface area (Å²) in [5, 5.41) is 12.4. The Kier molecular flexibility index (Phi) is 5.47. The maximum atomic E-state index is 13.2. The number of amides is 2. The number of thiophene rings is 1. The molecule has 0 unspecified atom stereocenters. The molecule has 2 aliphatic heterocycles. The topological polar surface area (TPSA) is 92.3 Å². The third-order valence-electron chi connectivity index (χ3n) is 6.90. The lowest BCUT2D eigenvalue weighted by Gasteiger charge is -2.31. The number of aromatic nitrogens is 1. The first kappa shape index (κ1) is 21.8. The van der Waals surface area contributed by atoms with Gasteiger partial charge in [0.1, 0.15) is 4.88 Å². The predicted octanol–water partition coefficient (Wildman–Crippen LogP) is 5.16. The van der Waals surface area contributed by atoms with Crippen LogP contribution in [0.1, 0.15) is 33.6 Å². The Morgan fingerprint density at radius 1 is 1.11 bits per heavy atom. The molecule has 0 saturated carbocycles. The van der Waals surface area contributed by atoms with Crippen LogP contribution >= 0.6 is 11.3 Å². The largest absolute Gasteiger partial charge is 0.381 e. The Balaban J connectivity index is 1.20. The highest BCUT2D eigenvalue weighted by Gasteiger charge is 2.47. The second-order valence-corrected chi connectivity index (χ2v) is 9.78. The molecule has 3 N–H and O–H groups in total. The molecule has 6 rings (SSSR count). The monoisotopic (exact) mass is 484 g/mol. The van der Waals surface area contributed by atoms with Crippen LogP contribution in [0.2, 0.25) is 0 Å². The Hall–Kier alpha value is -3.75. The molecular formula is C27H24N4O3S. The number of carbonyl (C=O) groups excluding carboxylic acids is 2. The quantitative estimate of drug-likeness (QED) is 0.364. The zero-order valence-corrected chi connectivity index (χ0v) is 19.8. The molecule has 1 fully saturated rings. The van der Waals surface area contributed by atoms with E-state index in [1.54, 1.807) is 6.20 Å². The third-order valence-corrected chi connectivity index (χ3v) is 7.82. The van der Waals surface area contributed by atoms with E-state index >= 15 is 0 Å². The van der Waals surface area contributed by atoms with Crippen molar-refractivity contribution in [3.05, 3.63) is 82.2 Å². The van der Waals surface area contributed by atoms with Crippen LogP contribution in [0.4, 0.5) is 17.1 Å². The maximum Gasteiger partial charge on any atom is 0.267 e. The van der Waals surface area contributed by atoms with E-state index in [0.29, 0.717) is 43.2 Å². The fourth-order valence-corrected chi connectivity index (χ4v) is 5.78. The van der Waals surface area contributed by atoms with Gasteiger partial charge in [-0.3, -0.25) is 14.6 Å². The van der Waals surface area contributed by atoms with Gasteiger partial charge in [-0.15, -0.1) is 11.3 Å². The van der Waals surface area contributed by atoms with Gasteiger partial charge in [-0.25, -0.2) is 0 Å². The molecule has 1 spiro atoms. The molecule has 2 amide bonds. The molecular weight excluding hydrogens is 460 g/mol. The van der Waals surface area contributed by atoms with E-state index in [9.17, 15) is 9.59 Å². The summed E-state index contributed by atoms with van der Waals surface area (Å²) in [6, 6.07) is 17.6. The number of hydrogen-bond donors (Lipinski definition) is 3. The van der Waals surface area contributed by atoms with E-state index in [4.69, 9.17) is 4.74 Å². The summed E-state index contributed by atoms with van der Waals surface area (Å²) in [5.41, 5.74) is 4.71. The van der Waals surface area contributed by atoms with Crippen molar-refractivity contribution in [2.45, 2.75) is 24.8 Å². The van der Waals surface area contributed by atoms with Gasteiger partial charge in [0, 0.05) is 42.7 Å². The zero-order chi connectivity index (χ0) is 23.8. The number of pyridine rings is 1. The van der Waals surface area contributed by atoms with Crippen molar-refractivity contribution in [3.8, 4) is 0 Å². The van der Waals surface area contributed by atoms with Crippen molar-refractivity contribution in [1.29, 1.82) is 0 Å². The first-order valence-electron chi connectivity index (χ1n) is 11.6. The third kappa shape index (κ3) is 3.84. The lowest BCUT2D eigenvalue weighted by molar-refractivity contribution is -0.124. The van der Waals surface area contributed by atoms with Crippen molar-refractivity contribution < 1.29 is 14.3 Å². The van der Waals surface area contributed by atoms with E-state index in [0.717, 1.165) is 33.4 Å². The normalized spacial score (nSPS) is 16.2. The van der Waals surface area contributed by atoms with Crippen LogP contribution in [0, 0.1) is 0 Å². The van der Waals surface area contributed by atoms with E-state index in [-0.39, 0.29) is 11.8 Å². The highest BCUT2D eigenvalue weighted by Crippen LogP contribution is 2.45. The summed E-state index contributed by atoms with van der Waals surface area (Å²) in [6.07, 6.45) is 3.09. The molecule has 4 aromatic rings. The van der Waals surface area contributed by atoms with Crippen molar-refractivity contribution in [2.75, 3.05) is 29.2 Å². The second kappa shape index (κ2) is 8.79. The molecule has 2 aliphatic rings. The number of hydrogen-bond acceptors (Lipinski definition) is 6. The fraction of sp³-hybridized carbons (Fsp3) is 0.222. The Bertz CT molecular complexity index is 1440. The van der Waals surface area contributed by atoms with Gasteiger partial charge in [-0.1, -0.05) is 18.2 Å². The minimum absolute atomic E-state index is 0.0210. The number of carbonyl (C=O) groups is 2. The van der Waals surface area contributed by atoms with Crippen molar-refractivity contribution in [3.63, 3.8) is 0 Å². The van der Waals surface area contributed by atoms with Gasteiger partial charge < -0.3 is 20.7 Å². The van der Waals surface area contributed by atoms with Crippen LogP contribution in [-0.4, -0.2) is 30.0 Å². The first-order valence-corrected chi connectivity index (χ1v) is 12.5. The minimum Gasteiger partial charge on any atom is -0.381 e. The minimum atomic E-state index is -0.572. The van der Waals surface area contributed by atoms with Gasteiger partial charge in [0.25, 0.3) is 5.91 Å². The Morgan fingerprint density at radius 3 is 2.86 bits per heavy atom. The smallest absolute Gasteiger partial charge is 0.267 e. The molecule has 8 heteroatoms. The summed E-state index contributed by atoms with van der Waals surface area (Å²) >= 11 is 1.39. The average molecular weight is 485 g/mol. The van der Waals surface area contributed by atoms with Gasteiger partial charge >= 0.3 is 0 Å². The lowest BCUT2D eigenvalue weighted by Crippen LogP contribution is -2.40. The molecule has 2 aromatic heterocycles. The van der Waals surface area contributed by atoms with Crippen LogP contribution < -0.4 is 16.0 Å². The summed E-state index contributed by atoms with van der Waals surface area (Å²) in [7, 11) is 0. The molecule has 7 nitrogen and oxygen atoms in total. The number of rotatable bonds is 5. The van der Waals surface area contributed by atoms with Gasteiger partial charge in [0.05, 0.1) is 16.6 Å². The zero-order valence-electron chi connectivity index (χ0n) is 19.0.